The van der Waals surface area contributed by atoms with E-state index in [1.54, 1.807) is 29.2 Å². The molecule has 11 N–H and O–H groups in total. The molecule has 115 heavy (non-hydrogen) atoms. The highest BCUT2D eigenvalue weighted by Gasteiger charge is 2.47. The van der Waals surface area contributed by atoms with E-state index >= 15 is 0 Å². The summed E-state index contributed by atoms with van der Waals surface area (Å²) in [6.45, 7) is 17.4. The molecule has 3 aliphatic carbocycles. The van der Waals surface area contributed by atoms with Crippen LogP contribution >= 0.6 is 24.4 Å². The Morgan fingerprint density at radius 3 is 1.21 bits per heavy atom. The van der Waals surface area contributed by atoms with Crippen molar-refractivity contribution < 1.29 is 88.1 Å². The maximum Gasteiger partial charge on any atom is 0.339 e. The zero-order valence-electron chi connectivity index (χ0n) is 65.3. The molecule has 0 spiro atoms. The standard InChI is InChI=1S/C28H33N5O5S.C22H28N2O2.C8H10N2O4S.C7H8N2O4S.C7H7NO2S.C6H5NO2S/c1-27(2)15-28(3,4)24(34)23-22(27)19-12-16(6-8-20(19)32-23)25(35)31-18-10-11-33(14-18)26(36)17-7-9-21(30-13-17)39(37,38)29-5;1-21(2)12-22(3,4)19(25)18-17(21)15-11-13(9-10-16(15)24-18)20(26)23-14-7-5-6-8-14;1-9-15(12,13)7-4-3-6(5-10-7)8(11)14-2;1-8-14(12,13)6-3-2-5(4-9-6)7(10)11;1-10-7(9)5-2-3-6(11)8-4-5;8-6(9)4-1-2-5(10)7-3-4/h6-9,12-13,18,29,32H,10-11,14-15H2,1-5H3,(H,31,35);9-11,14,24H,5-8,12H2,1-4H3,(H,23,26);3-5,9H,1-2H3;2-4,8H,1H3,(H,10,11);2-4H,1H3,(H,8,11);1-3H,(H,7,10)(H,8,9). The Morgan fingerprint density at radius 1 is 0.478 bits per heavy atom. The van der Waals surface area contributed by atoms with Crippen molar-refractivity contribution in [3.63, 3.8) is 0 Å². The Labute approximate surface area is 674 Å². The number of fused-ring (bicyclic) bond motifs is 6. The summed E-state index contributed by atoms with van der Waals surface area (Å²) >= 11 is 9.50. The minimum Gasteiger partial charge on any atom is -0.478 e. The van der Waals surface area contributed by atoms with Crippen LogP contribution in [-0.2, 0) is 50.4 Å². The van der Waals surface area contributed by atoms with E-state index < -0.39 is 53.4 Å². The van der Waals surface area contributed by atoms with Crippen molar-refractivity contribution in [2.45, 2.75) is 138 Å². The van der Waals surface area contributed by atoms with Crippen LogP contribution in [0, 0.1) is 20.1 Å². The quantitative estimate of drug-likeness (QED) is 0.0335. The van der Waals surface area contributed by atoms with Crippen LogP contribution < -0.4 is 24.8 Å². The summed E-state index contributed by atoms with van der Waals surface area (Å²) in [5.41, 5.74) is 6.21. The van der Waals surface area contributed by atoms with Crippen molar-refractivity contribution in [2.24, 2.45) is 10.8 Å². The summed E-state index contributed by atoms with van der Waals surface area (Å²) in [6, 6.07) is 25.1. The van der Waals surface area contributed by atoms with Crippen molar-refractivity contribution >= 4 is 129 Å². The fourth-order valence-electron chi connectivity index (χ4n) is 14.1. The number of ketones is 2. The molecule has 2 fully saturated rings. The van der Waals surface area contributed by atoms with Crippen LogP contribution in [0.25, 0.3) is 21.8 Å². The molecule has 1 unspecified atom stereocenters. The van der Waals surface area contributed by atoms with E-state index in [-0.39, 0.29) is 94.9 Å². The number of methoxy groups -OCH3 is 2. The summed E-state index contributed by atoms with van der Waals surface area (Å²) < 4.78 is 85.0. The van der Waals surface area contributed by atoms with Crippen molar-refractivity contribution in [3.05, 3.63) is 199 Å². The first-order chi connectivity index (χ1) is 53.8. The fraction of sp³-hybridized carbons (Fsp3) is 0.359. The average molecular weight is 1670 g/mol. The summed E-state index contributed by atoms with van der Waals surface area (Å²) in [5, 5.41) is 24.5. The summed E-state index contributed by atoms with van der Waals surface area (Å²) in [5.74, 6) is -3.29. The lowest BCUT2D eigenvalue weighted by atomic mass is 9.63. The largest absolute Gasteiger partial charge is 0.478 e. The summed E-state index contributed by atoms with van der Waals surface area (Å²) in [7, 11) is -4.44. The minimum absolute atomic E-state index is 0.00554. The number of nitrogens with one attached hydrogen (secondary N) is 9. The van der Waals surface area contributed by atoms with Gasteiger partial charge in [0.05, 0.1) is 53.4 Å². The molecule has 32 nitrogen and oxygen atoms in total. The number of benzene rings is 2. The van der Waals surface area contributed by atoms with Crippen molar-refractivity contribution in [3.8, 4) is 0 Å². The molecule has 3 amide bonds. The third-order valence-corrected chi connectivity index (χ3v) is 23.9. The average Bonchev–Trinajstić information content (AvgIpc) is 1.59. The Hall–Kier alpha value is -10.9. The number of hydrogen-bond acceptors (Lipinski definition) is 22. The highest BCUT2D eigenvalue weighted by molar-refractivity contribution is 7.90. The molecule has 4 aliphatic rings. The number of ether oxygens (including phenoxy) is 2. The Bertz CT molecular complexity index is 5650. The zero-order valence-corrected chi connectivity index (χ0v) is 69.4. The van der Waals surface area contributed by atoms with Gasteiger partial charge < -0.3 is 55.2 Å². The van der Waals surface area contributed by atoms with E-state index in [1.807, 2.05) is 58.0 Å². The maximum absolute atomic E-state index is 13.2. The molecule has 0 radical (unpaired) electrons. The number of aromatic amines is 4. The predicted octanol–water partition coefficient (Wildman–Crippen LogP) is 10.2. The van der Waals surface area contributed by atoms with E-state index in [2.05, 4.69) is 96.9 Å². The van der Waals surface area contributed by atoms with Crippen molar-refractivity contribution in [2.75, 3.05) is 48.5 Å². The molecule has 13 rings (SSSR count). The molecule has 612 valence electrons. The van der Waals surface area contributed by atoms with E-state index in [0.29, 0.717) is 63.6 Å². The second kappa shape index (κ2) is 36.7. The molecule has 37 heteroatoms. The number of H-pyrrole nitrogens is 4. The number of likely N-dealkylation sites (tertiary alicyclic amines) is 1. The number of sulfonamides is 3. The van der Waals surface area contributed by atoms with Gasteiger partial charge in [-0.2, -0.15) is 0 Å². The van der Waals surface area contributed by atoms with Crippen LogP contribution in [0.5, 0.6) is 0 Å². The Kier molecular flexibility index (Phi) is 28.6. The number of rotatable bonds is 15. The van der Waals surface area contributed by atoms with Gasteiger partial charge in [0, 0.05) is 99.9 Å². The van der Waals surface area contributed by atoms with E-state index in [4.69, 9.17) is 34.6 Å². The maximum atomic E-state index is 13.2. The number of Topliss-reactive ketones (excluding diaryl/α,β-unsaturated/α-hetero) is 2. The smallest absolute Gasteiger partial charge is 0.339 e. The highest BCUT2D eigenvalue weighted by atomic mass is 32.2. The molecule has 2 aromatic carbocycles. The van der Waals surface area contributed by atoms with Gasteiger partial charge in [-0.3, -0.25) is 24.0 Å². The number of nitrogens with zero attached hydrogens (tertiary/aromatic N) is 4. The molecule has 9 aromatic rings. The predicted molar refractivity (Wildman–Crippen MR) is 431 cm³/mol. The van der Waals surface area contributed by atoms with E-state index in [0.717, 1.165) is 76.3 Å². The molecular weight excluding hydrogens is 1580 g/mol. The van der Waals surface area contributed by atoms with Gasteiger partial charge in [0.1, 0.15) is 9.28 Å². The van der Waals surface area contributed by atoms with Gasteiger partial charge in [-0.05, 0) is 172 Å². The molecule has 0 bridgehead atoms. The lowest BCUT2D eigenvalue weighted by molar-refractivity contribution is 0.0591. The monoisotopic (exact) mass is 1670 g/mol. The number of amides is 3. The molecule has 1 atom stereocenters. The van der Waals surface area contributed by atoms with Gasteiger partial charge in [0.15, 0.2) is 26.6 Å². The summed E-state index contributed by atoms with van der Waals surface area (Å²) in [6.07, 6.45) is 12.9. The van der Waals surface area contributed by atoms with Gasteiger partial charge in [0.2, 0.25) is 0 Å². The molecular formula is C78H91N13O19S5. The number of aromatic carboxylic acids is 2. The van der Waals surface area contributed by atoms with Gasteiger partial charge in [-0.1, -0.05) is 92.7 Å². The normalized spacial score (nSPS) is 16.3. The van der Waals surface area contributed by atoms with Gasteiger partial charge >= 0.3 is 23.9 Å². The second-order valence-electron chi connectivity index (χ2n) is 29.7. The third kappa shape index (κ3) is 21.7. The lowest BCUT2D eigenvalue weighted by Gasteiger charge is -2.39. The second-order valence-corrected chi connectivity index (χ2v) is 36.1. The number of carboxylic acids is 2. The lowest BCUT2D eigenvalue weighted by Crippen LogP contribution is -2.39. The number of pyridine rings is 5. The zero-order chi connectivity index (χ0) is 85.1. The fourth-order valence-corrected chi connectivity index (χ4v) is 16.3. The third-order valence-electron chi connectivity index (χ3n) is 19.4. The summed E-state index contributed by atoms with van der Waals surface area (Å²) in [4.78, 5) is 132. The number of carbonyl (C=O) groups excluding carboxylic acids is 7. The van der Waals surface area contributed by atoms with Crippen molar-refractivity contribution in [1.29, 1.82) is 0 Å². The van der Waals surface area contributed by atoms with Crippen LogP contribution in [0.15, 0.2) is 143 Å². The minimum atomic E-state index is -3.69. The first kappa shape index (κ1) is 89.6. The van der Waals surface area contributed by atoms with E-state index in [1.165, 1.54) is 103 Å². The Morgan fingerprint density at radius 2 is 0.843 bits per heavy atom. The van der Waals surface area contributed by atoms with Gasteiger partial charge in [-0.15, -0.1) is 0 Å². The molecule has 8 heterocycles. The SMILES string of the molecule is CC1(C)CC(C)(C)c2c([nH]c3ccc(C(=O)NC4CCCC4)cc23)C1=O.CNS(=O)(=O)c1ccc(C(=O)N2CCC(NC(=O)c3ccc4[nH]c5c(c4c3)C(C)(C)CC(C)(C)C5=O)C2)cn1.CNS(=O)(=O)c1ccc(C(=O)O)cn1.CNS(=O)(=O)c1ccc(C(=O)OC)cn1.COC(=O)c1ccc(=S)[nH]c1.O=C(O)c1ccc(=S)[nH]c1. The first-order valence-corrected chi connectivity index (χ1v) is 41.1. The molecule has 1 aliphatic heterocycles. The number of hydrogen-bond donors (Lipinski definition) is 11. The number of carbonyl (C=O) groups is 9. The first-order valence-electron chi connectivity index (χ1n) is 35.9. The number of esters is 2. The molecule has 7 aromatic heterocycles. The van der Waals surface area contributed by atoms with Crippen LogP contribution in [0.4, 0.5) is 0 Å². The van der Waals surface area contributed by atoms with Crippen LogP contribution in [0.3, 0.4) is 0 Å². The van der Waals surface area contributed by atoms with Crippen molar-refractivity contribution in [1.82, 2.24) is 64.6 Å². The van der Waals surface area contributed by atoms with Crippen LogP contribution in [-0.4, -0.2) is 189 Å². The molecule has 1 saturated carbocycles. The van der Waals surface area contributed by atoms with Crippen LogP contribution in [0.2, 0.25) is 0 Å². The Balaban J connectivity index is 0.000000187. The van der Waals surface area contributed by atoms with E-state index in [9.17, 15) is 68.4 Å². The topological polar surface area (TPSA) is 480 Å². The van der Waals surface area contributed by atoms with Crippen LogP contribution in [0.1, 0.15) is 205 Å². The molecule has 1 saturated heterocycles. The highest BCUT2D eigenvalue weighted by Crippen LogP contribution is 2.50. The number of carboxylic acid groups (broad SMARTS) is 2. The van der Waals surface area contributed by atoms with Gasteiger partial charge in [0.25, 0.3) is 47.8 Å². The van der Waals surface area contributed by atoms with Gasteiger partial charge in [-0.25, -0.2) is 73.5 Å². The number of aromatic nitrogens is 7.